The van der Waals surface area contributed by atoms with E-state index in [1.165, 1.54) is 0 Å². The highest BCUT2D eigenvalue weighted by atomic mass is 32.2. The van der Waals surface area contributed by atoms with Gasteiger partial charge in [0.1, 0.15) is 11.5 Å². The first-order valence-electron chi connectivity index (χ1n) is 16.8. The smallest absolute Gasteiger partial charge is 0.269 e. The van der Waals surface area contributed by atoms with Crippen LogP contribution in [-0.4, -0.2) is 35.7 Å². The Balaban J connectivity index is 0.000000172. The number of para-hydroxylation sites is 2. The molecule has 0 atom stereocenters. The summed E-state index contributed by atoms with van der Waals surface area (Å²) in [6, 6.07) is 40.8. The summed E-state index contributed by atoms with van der Waals surface area (Å²) < 4.78 is 12.8. The number of hydrogen-bond acceptors (Lipinski definition) is 13. The van der Waals surface area contributed by atoms with E-state index in [0.29, 0.717) is 16.5 Å². The van der Waals surface area contributed by atoms with Crippen LogP contribution in [0, 0.1) is 6.92 Å². The Kier molecular flexibility index (Phi) is 11.6. The lowest BCUT2D eigenvalue weighted by Crippen LogP contribution is -2.12. The van der Waals surface area contributed by atoms with Crippen molar-refractivity contribution in [3.05, 3.63) is 145 Å². The van der Waals surface area contributed by atoms with E-state index in [1.54, 1.807) is 41.1 Å². The fourth-order valence-electron chi connectivity index (χ4n) is 6.14. The number of carbonyl (C=O) groups is 1. The number of carbonyl (C=O) groups excluding carboxylic acids is 1. The van der Waals surface area contributed by atoms with Crippen molar-refractivity contribution in [2.24, 2.45) is 17.5 Å². The molecule has 16 heteroatoms. The molecule has 0 bridgehead atoms. The van der Waals surface area contributed by atoms with Gasteiger partial charge in [0.05, 0.1) is 52.2 Å². The fraction of sp³-hybridized carbons (Fsp3) is 0.0250. The van der Waals surface area contributed by atoms with Crippen molar-refractivity contribution >= 4 is 51.8 Å². The molecule has 0 aliphatic heterocycles. The summed E-state index contributed by atoms with van der Waals surface area (Å²) in [5, 5.41) is 31.1. The van der Waals surface area contributed by atoms with Crippen LogP contribution in [0.2, 0.25) is 0 Å². The van der Waals surface area contributed by atoms with Crippen LogP contribution in [-0.2, 0) is 18.6 Å². The maximum absolute atomic E-state index is 11.9. The van der Waals surface area contributed by atoms with Crippen molar-refractivity contribution in [2.75, 3.05) is 0 Å². The maximum atomic E-state index is 11.9. The average Bonchev–Trinajstić information content (AvgIpc) is 3.77. The quantitative estimate of drug-likeness (QED) is 0.0481. The third-order valence-corrected chi connectivity index (χ3v) is 9.93. The number of amides is 1. The van der Waals surface area contributed by atoms with Crippen molar-refractivity contribution in [3.8, 4) is 45.1 Å². The molecule has 1 amide bonds. The predicted octanol–water partition coefficient (Wildman–Crippen LogP) is 7.86. The predicted molar refractivity (Wildman–Crippen MR) is 214 cm³/mol. The zero-order chi connectivity index (χ0) is 39.2. The molecule has 0 unspecified atom stereocenters. The molecule has 282 valence electrons. The molecule has 8 rings (SSSR count). The zero-order valence-electron chi connectivity index (χ0n) is 29.5. The Morgan fingerprint density at radius 3 is 1.52 bits per heavy atom. The molecule has 0 spiro atoms. The van der Waals surface area contributed by atoms with Crippen LogP contribution in [0.15, 0.2) is 143 Å². The number of aryl methyl sites for hydroxylation is 1. The summed E-state index contributed by atoms with van der Waals surface area (Å²) in [6.45, 7) is 1.98. The summed E-state index contributed by atoms with van der Waals surface area (Å²) >= 11 is 1.99. The molecule has 0 aliphatic rings. The Labute approximate surface area is 328 Å². The molecule has 8 N–H and O–H groups in total. The maximum Gasteiger partial charge on any atom is 0.269 e. The number of nitrogens with zero attached hydrogens (tertiary/aromatic N) is 4. The Morgan fingerprint density at radius 1 is 0.607 bits per heavy atom. The minimum atomic E-state index is -0.621. The molecule has 56 heavy (non-hydrogen) atoms. The molecule has 0 saturated heterocycles. The molecule has 2 heterocycles. The number of nitrogens with two attached hydrogens (primary N) is 3. The number of hydrogen-bond donors (Lipinski definition) is 5. The van der Waals surface area contributed by atoms with Crippen molar-refractivity contribution in [1.82, 2.24) is 19.6 Å². The lowest BCUT2D eigenvalue weighted by atomic mass is 10.0. The van der Waals surface area contributed by atoms with Crippen molar-refractivity contribution in [2.45, 2.75) is 16.7 Å². The summed E-state index contributed by atoms with van der Waals surface area (Å²) in [4.78, 5) is 21.7. The van der Waals surface area contributed by atoms with Gasteiger partial charge in [0, 0.05) is 31.7 Å². The van der Waals surface area contributed by atoms with Gasteiger partial charge in [0.2, 0.25) is 0 Å². The highest BCUT2D eigenvalue weighted by molar-refractivity contribution is 7.94. The Hall–Kier alpha value is -6.21. The normalized spacial score (nSPS) is 11.1. The van der Waals surface area contributed by atoms with Gasteiger partial charge < -0.3 is 15.9 Å². The third kappa shape index (κ3) is 8.08. The zero-order valence-corrected chi connectivity index (χ0v) is 31.1. The molecule has 0 saturated carbocycles. The molecule has 14 nitrogen and oxygen atoms in total. The van der Waals surface area contributed by atoms with Gasteiger partial charge in [-0.05, 0) is 96.9 Å². The topological polar surface area (TPSA) is 208 Å². The van der Waals surface area contributed by atoms with Crippen LogP contribution in [0.3, 0.4) is 0 Å². The van der Waals surface area contributed by atoms with Gasteiger partial charge in [-0.1, -0.05) is 54.6 Å². The van der Waals surface area contributed by atoms with Crippen LogP contribution in [0.5, 0.6) is 11.5 Å². The second-order valence-electron chi connectivity index (χ2n) is 12.1. The second-order valence-corrected chi connectivity index (χ2v) is 13.7. The number of primary amides is 1. The van der Waals surface area contributed by atoms with E-state index >= 15 is 0 Å². The summed E-state index contributed by atoms with van der Waals surface area (Å²) in [7, 11) is 0. The van der Waals surface area contributed by atoms with Gasteiger partial charge in [0.15, 0.2) is 5.69 Å². The highest BCUT2D eigenvalue weighted by Crippen LogP contribution is 2.35. The first-order valence-corrected chi connectivity index (χ1v) is 18.2. The van der Waals surface area contributed by atoms with Crippen LogP contribution in [0.1, 0.15) is 16.2 Å². The Bertz CT molecular complexity index is 2650. The molecule has 6 aromatic carbocycles. The van der Waals surface area contributed by atoms with Gasteiger partial charge in [0.25, 0.3) is 5.91 Å². The highest BCUT2D eigenvalue weighted by Gasteiger charge is 2.18. The molecular weight excluding hydrogens is 755 g/mol. The van der Waals surface area contributed by atoms with Crippen molar-refractivity contribution in [1.29, 1.82) is 0 Å². The molecule has 0 aliphatic carbocycles. The lowest BCUT2D eigenvalue weighted by molar-refractivity contribution is -0.195. The van der Waals surface area contributed by atoms with Gasteiger partial charge in [-0.15, -0.1) is 18.6 Å². The first kappa shape index (κ1) is 38.1. The largest absolute Gasteiger partial charge is 0.507 e. The van der Waals surface area contributed by atoms with Crippen molar-refractivity contribution < 1.29 is 33.7 Å². The fourth-order valence-corrected chi connectivity index (χ4v) is 6.87. The SMILES string of the molecule is Cc1nn(-c2ccc(SOON)cc2)c2cc(-c3ccccc3O)ccc12.NOOSc1ccc(-n2nc(C(N)=O)c3ccc(-c4ccccc4O)cc32)cc1. The minimum Gasteiger partial charge on any atom is -0.507 e. The Morgan fingerprint density at radius 2 is 1.05 bits per heavy atom. The number of rotatable bonds is 11. The number of phenols is 2. The second kappa shape index (κ2) is 17.1. The summed E-state index contributed by atoms with van der Waals surface area (Å²) in [5.41, 5.74) is 13.1. The van der Waals surface area contributed by atoms with Gasteiger partial charge in [-0.3, -0.25) is 4.79 Å². The average molecular weight is 788 g/mol. The van der Waals surface area contributed by atoms with Crippen LogP contribution in [0.4, 0.5) is 0 Å². The molecule has 0 radical (unpaired) electrons. The number of benzene rings is 6. The monoisotopic (exact) mass is 787 g/mol. The van der Waals surface area contributed by atoms with E-state index < -0.39 is 5.91 Å². The first-order chi connectivity index (χ1) is 27.2. The number of phenolic OH excluding ortho intramolecular Hbond substituents is 2. The number of aromatic hydroxyl groups is 2. The molecule has 2 aromatic heterocycles. The van der Waals surface area contributed by atoms with Gasteiger partial charge in [-0.2, -0.15) is 22.0 Å². The van der Waals surface area contributed by atoms with Crippen molar-refractivity contribution in [3.63, 3.8) is 0 Å². The third-order valence-electron chi connectivity index (χ3n) is 8.71. The van der Waals surface area contributed by atoms with E-state index in [2.05, 4.69) is 28.8 Å². The number of fused-ring (bicyclic) bond motifs is 2. The van der Waals surface area contributed by atoms with Gasteiger partial charge >= 0.3 is 0 Å². The number of aromatic nitrogens is 4. The van der Waals surface area contributed by atoms with E-state index in [0.717, 1.165) is 78.5 Å². The van der Waals surface area contributed by atoms with E-state index in [9.17, 15) is 15.0 Å². The molecule has 0 fully saturated rings. The van der Waals surface area contributed by atoms with E-state index in [4.69, 9.17) is 17.5 Å². The van der Waals surface area contributed by atoms with Crippen LogP contribution < -0.4 is 17.5 Å². The van der Waals surface area contributed by atoms with Crippen LogP contribution in [0.25, 0.3) is 55.4 Å². The minimum absolute atomic E-state index is 0.163. The van der Waals surface area contributed by atoms with E-state index in [-0.39, 0.29) is 17.2 Å². The van der Waals surface area contributed by atoms with Gasteiger partial charge in [-0.25, -0.2) is 9.36 Å². The summed E-state index contributed by atoms with van der Waals surface area (Å²) in [5.74, 6) is 9.50. The molecular formula is C40H33N7O7S2. The van der Waals surface area contributed by atoms with Crippen LogP contribution >= 0.6 is 24.1 Å². The summed E-state index contributed by atoms with van der Waals surface area (Å²) in [6.07, 6.45) is 0. The van der Waals surface area contributed by atoms with E-state index in [1.807, 2.05) is 109 Å². The lowest BCUT2D eigenvalue weighted by Gasteiger charge is -2.08. The standard InChI is InChI=1S/C20H16N4O4S.C20H17N3O3S/c21-20(26)19-16-10-5-12(15-3-1-2-4-18(15)25)11-17(16)24(23-19)13-6-8-14(9-7-13)29-28-27-22;1-13-17-11-6-14(18-4-2-3-5-20(18)24)12-19(17)23(22-13)15-7-9-16(10-8-15)27-26-25-21/h1-11,25H,22H2,(H2,21,26);2-12,24H,21H2,1H3. The molecule has 8 aromatic rings.